The summed E-state index contributed by atoms with van der Waals surface area (Å²) in [6.07, 6.45) is -3.03. The van der Waals surface area contributed by atoms with Gasteiger partial charge in [0, 0.05) is 37.9 Å². The molecule has 0 aromatic carbocycles. The number of piperidine rings is 1. The Hall–Kier alpha value is -2.19. The lowest BCUT2D eigenvalue weighted by Crippen LogP contribution is -2.56. The van der Waals surface area contributed by atoms with E-state index < -0.39 is 59.7 Å². The third kappa shape index (κ3) is 5.47. The minimum Gasteiger partial charge on any atom is -0.444 e. The molecule has 0 N–H and O–H groups in total. The van der Waals surface area contributed by atoms with Crippen LogP contribution in [0.3, 0.4) is 0 Å². The largest absolute Gasteiger partial charge is 0.444 e. The average Bonchev–Trinajstić information content (AvgIpc) is 3.61. The number of alkyl halides is 3. The molecule has 2 aromatic heterocycles. The number of rotatable bonds is 3. The molecule has 6 rings (SSSR count). The number of nitrogens with zero attached hydrogens (tertiary/aromatic N) is 5. The summed E-state index contributed by atoms with van der Waals surface area (Å²) in [5.74, 6) is -2.37. The van der Waals surface area contributed by atoms with Crippen LogP contribution in [0.4, 0.5) is 18.0 Å². The molecule has 4 aliphatic heterocycles. The van der Waals surface area contributed by atoms with E-state index in [1.807, 2.05) is 23.3 Å². The highest BCUT2D eigenvalue weighted by Crippen LogP contribution is 2.49. The molecule has 1 amide bonds. The Balaban J connectivity index is 1.25. The van der Waals surface area contributed by atoms with Gasteiger partial charge in [-0.1, -0.05) is 11.6 Å². The van der Waals surface area contributed by atoms with E-state index in [0.29, 0.717) is 42.1 Å². The Morgan fingerprint density at radius 1 is 1.14 bits per heavy atom. The molecule has 232 valence electrons. The standard InChI is InChI=1S/C28H37ClF3N5O5/c1-25(2,3)42-24(38)35-10-7-27(8-11-35)12-16(28(30,31)32)13-36(27)14-18-19-20(41-26(4,5)40-19)23(39-18)37-9-6-17-21(29)33-15-34-22(17)37/h6,9,15-16,18-20,23H,7-8,10-14H2,1-5H3/t16?,18-,19-,20-,23-/m1/s1. The molecule has 1 unspecified atom stereocenters. The van der Waals surface area contributed by atoms with Gasteiger partial charge in [-0.05, 0) is 59.9 Å². The van der Waals surface area contributed by atoms with Gasteiger partial charge in [-0.2, -0.15) is 13.2 Å². The van der Waals surface area contributed by atoms with Crippen LogP contribution in [-0.2, 0) is 18.9 Å². The summed E-state index contributed by atoms with van der Waals surface area (Å²) in [6, 6.07) is 1.80. The molecule has 0 aliphatic carbocycles. The summed E-state index contributed by atoms with van der Waals surface area (Å²) >= 11 is 6.28. The monoisotopic (exact) mass is 615 g/mol. The molecule has 1 spiro atoms. The van der Waals surface area contributed by atoms with Crippen molar-refractivity contribution in [2.45, 2.75) is 102 Å². The van der Waals surface area contributed by atoms with Crippen LogP contribution in [-0.4, -0.2) is 98.0 Å². The molecule has 0 radical (unpaired) electrons. The number of amides is 1. The Bertz CT molecular complexity index is 1340. The van der Waals surface area contributed by atoms with Gasteiger partial charge in [0.25, 0.3) is 0 Å². The van der Waals surface area contributed by atoms with Gasteiger partial charge in [-0.3, -0.25) is 4.90 Å². The molecular weight excluding hydrogens is 579 g/mol. The van der Waals surface area contributed by atoms with Crippen LogP contribution in [0.15, 0.2) is 18.6 Å². The maximum Gasteiger partial charge on any atom is 0.410 e. The molecule has 4 fully saturated rings. The van der Waals surface area contributed by atoms with Gasteiger partial charge in [-0.25, -0.2) is 14.8 Å². The SMILES string of the molecule is CC(C)(C)OC(=O)N1CCC2(CC1)CC(C(F)(F)F)CN2C[C@H]1O[C@@H](n2ccc3c(Cl)ncnc32)[C@@H]2OC(C)(C)O[C@@H]21. The van der Waals surface area contributed by atoms with Crippen LogP contribution in [0.5, 0.6) is 0 Å². The maximum atomic E-state index is 14.1. The van der Waals surface area contributed by atoms with E-state index in [4.69, 9.17) is 30.5 Å². The van der Waals surface area contributed by atoms with Crippen molar-refractivity contribution in [2.24, 2.45) is 5.92 Å². The fraction of sp³-hybridized carbons (Fsp3) is 0.750. The number of fused-ring (bicyclic) bond motifs is 2. The number of likely N-dealkylation sites (tertiary alicyclic amines) is 2. The highest BCUT2D eigenvalue weighted by Gasteiger charge is 2.60. The van der Waals surface area contributed by atoms with E-state index in [0.717, 1.165) is 0 Å². The van der Waals surface area contributed by atoms with E-state index in [9.17, 15) is 18.0 Å². The highest BCUT2D eigenvalue weighted by molar-refractivity contribution is 6.33. The summed E-state index contributed by atoms with van der Waals surface area (Å²) in [6.45, 7) is 9.73. The van der Waals surface area contributed by atoms with Crippen molar-refractivity contribution < 1.29 is 36.9 Å². The molecule has 6 heterocycles. The van der Waals surface area contributed by atoms with Crippen molar-refractivity contribution in [2.75, 3.05) is 26.2 Å². The molecule has 2 aromatic rings. The molecule has 14 heteroatoms. The van der Waals surface area contributed by atoms with Crippen molar-refractivity contribution >= 4 is 28.7 Å². The second-order valence-electron chi connectivity index (χ2n) is 13.3. The molecule has 4 saturated heterocycles. The summed E-state index contributed by atoms with van der Waals surface area (Å²) in [5.41, 5.74) is -0.817. The highest BCUT2D eigenvalue weighted by atomic mass is 35.5. The number of hydrogen-bond donors (Lipinski definition) is 0. The van der Waals surface area contributed by atoms with E-state index in [1.165, 1.54) is 6.33 Å². The fourth-order valence-corrected chi connectivity index (χ4v) is 7.14. The Labute approximate surface area is 247 Å². The van der Waals surface area contributed by atoms with E-state index >= 15 is 0 Å². The van der Waals surface area contributed by atoms with Crippen LogP contribution in [0, 0.1) is 5.92 Å². The van der Waals surface area contributed by atoms with Gasteiger partial charge in [0.1, 0.15) is 41.0 Å². The smallest absolute Gasteiger partial charge is 0.410 e. The third-order valence-electron chi connectivity index (χ3n) is 8.81. The number of ether oxygens (including phenoxy) is 4. The number of aromatic nitrogens is 3. The summed E-state index contributed by atoms with van der Waals surface area (Å²) in [4.78, 5) is 24.6. The van der Waals surface area contributed by atoms with Crippen LogP contribution in [0.25, 0.3) is 11.0 Å². The molecule has 5 atom stereocenters. The van der Waals surface area contributed by atoms with Crippen molar-refractivity contribution in [3.8, 4) is 0 Å². The predicted octanol–water partition coefficient (Wildman–Crippen LogP) is 5.16. The maximum absolute atomic E-state index is 14.1. The number of halogens is 4. The lowest BCUT2D eigenvalue weighted by Gasteiger charge is -2.46. The summed E-state index contributed by atoms with van der Waals surface area (Å²) in [5, 5.41) is 0.966. The molecule has 42 heavy (non-hydrogen) atoms. The second kappa shape index (κ2) is 10.2. The van der Waals surface area contributed by atoms with E-state index in [1.54, 1.807) is 37.9 Å². The molecular formula is C28H37ClF3N5O5. The minimum atomic E-state index is -4.33. The molecule has 0 saturated carbocycles. The van der Waals surface area contributed by atoms with Crippen LogP contribution in [0.2, 0.25) is 5.15 Å². The van der Waals surface area contributed by atoms with Gasteiger partial charge < -0.3 is 28.4 Å². The van der Waals surface area contributed by atoms with Gasteiger partial charge in [0.05, 0.1) is 11.3 Å². The van der Waals surface area contributed by atoms with Crippen LogP contribution in [0.1, 0.15) is 60.1 Å². The average molecular weight is 616 g/mol. The van der Waals surface area contributed by atoms with Gasteiger partial charge >= 0.3 is 12.3 Å². The van der Waals surface area contributed by atoms with Crippen molar-refractivity contribution in [1.29, 1.82) is 0 Å². The zero-order chi connectivity index (χ0) is 30.2. The Morgan fingerprint density at radius 3 is 2.50 bits per heavy atom. The second-order valence-corrected chi connectivity index (χ2v) is 13.7. The summed E-state index contributed by atoms with van der Waals surface area (Å²) in [7, 11) is 0. The predicted molar refractivity (Wildman–Crippen MR) is 146 cm³/mol. The van der Waals surface area contributed by atoms with E-state index in [-0.39, 0.29) is 19.5 Å². The minimum absolute atomic E-state index is 0.0244. The number of carbonyl (C=O) groups is 1. The van der Waals surface area contributed by atoms with Crippen LogP contribution >= 0.6 is 11.6 Å². The molecule has 4 aliphatic rings. The van der Waals surface area contributed by atoms with E-state index in [2.05, 4.69) is 9.97 Å². The zero-order valence-electron chi connectivity index (χ0n) is 24.4. The van der Waals surface area contributed by atoms with Gasteiger partial charge in [0.15, 0.2) is 12.0 Å². The number of hydrogen-bond acceptors (Lipinski definition) is 8. The number of carbonyl (C=O) groups excluding carboxylic acids is 1. The fourth-order valence-electron chi connectivity index (χ4n) is 6.94. The third-order valence-corrected chi connectivity index (χ3v) is 9.11. The van der Waals surface area contributed by atoms with Crippen molar-refractivity contribution in [1.82, 2.24) is 24.3 Å². The lowest BCUT2D eigenvalue weighted by atomic mass is 9.82. The first-order valence-corrected chi connectivity index (χ1v) is 14.7. The van der Waals surface area contributed by atoms with Gasteiger partial charge in [0.2, 0.25) is 0 Å². The lowest BCUT2D eigenvalue weighted by molar-refractivity contribution is -0.199. The van der Waals surface area contributed by atoms with Gasteiger partial charge in [-0.15, -0.1) is 0 Å². The Morgan fingerprint density at radius 2 is 1.83 bits per heavy atom. The molecule has 10 nitrogen and oxygen atoms in total. The Kier molecular flexibility index (Phi) is 7.24. The molecule has 0 bridgehead atoms. The van der Waals surface area contributed by atoms with Crippen molar-refractivity contribution in [3.63, 3.8) is 0 Å². The quantitative estimate of drug-likeness (QED) is 0.438. The summed E-state index contributed by atoms with van der Waals surface area (Å²) < 4.78 is 68.8. The van der Waals surface area contributed by atoms with Crippen molar-refractivity contribution in [3.05, 3.63) is 23.7 Å². The van der Waals surface area contributed by atoms with Crippen LogP contribution < -0.4 is 0 Å². The topological polar surface area (TPSA) is 91.2 Å². The first-order chi connectivity index (χ1) is 19.6. The normalized spacial score (nSPS) is 31.3. The first-order valence-electron chi connectivity index (χ1n) is 14.3. The zero-order valence-corrected chi connectivity index (χ0v) is 25.1. The first kappa shape index (κ1) is 29.9.